The smallest absolute Gasteiger partial charge is 0.180 e. The zero-order chi connectivity index (χ0) is 10.1. The first kappa shape index (κ1) is 9.71. The maximum atomic E-state index is 5.94. The Hall–Kier alpha value is -0.840. The van der Waals surface area contributed by atoms with Crippen molar-refractivity contribution in [3.63, 3.8) is 0 Å². The molecular formula is C8H5Cl2N3S. The van der Waals surface area contributed by atoms with E-state index in [0.717, 1.165) is 0 Å². The van der Waals surface area contributed by atoms with Crippen molar-refractivity contribution in [1.29, 1.82) is 0 Å². The number of halogens is 2. The SMILES string of the molecule is Nc1nc(-c2nc(Cl)ccc2Cl)cs1. The summed E-state index contributed by atoms with van der Waals surface area (Å²) < 4.78 is 0. The molecule has 0 unspecified atom stereocenters. The Bertz CT molecular complexity index is 469. The number of nitrogens with two attached hydrogens (primary N) is 1. The number of nitrogen functional groups attached to an aromatic ring is 1. The molecule has 72 valence electrons. The molecule has 0 spiro atoms. The van der Waals surface area contributed by atoms with Gasteiger partial charge in [0.2, 0.25) is 0 Å². The third kappa shape index (κ3) is 1.82. The average molecular weight is 246 g/mol. The van der Waals surface area contributed by atoms with Gasteiger partial charge in [-0.1, -0.05) is 23.2 Å². The fraction of sp³-hybridized carbons (Fsp3) is 0. The van der Waals surface area contributed by atoms with Crippen LogP contribution in [0.3, 0.4) is 0 Å². The van der Waals surface area contributed by atoms with Crippen molar-refractivity contribution < 1.29 is 0 Å². The number of rotatable bonds is 1. The first-order valence-corrected chi connectivity index (χ1v) is 5.34. The lowest BCUT2D eigenvalue weighted by Gasteiger charge is -1.99. The molecule has 0 aliphatic heterocycles. The number of anilines is 1. The standard InChI is InChI=1S/C8H5Cl2N3S/c9-4-1-2-6(10)13-7(4)5-3-14-8(11)12-5/h1-3H,(H2,11,12). The van der Waals surface area contributed by atoms with E-state index in [1.165, 1.54) is 11.3 Å². The number of pyridine rings is 1. The normalized spacial score (nSPS) is 10.4. The minimum atomic E-state index is 0.385. The number of hydrogen-bond donors (Lipinski definition) is 1. The Kier molecular flexibility index (Phi) is 2.58. The summed E-state index contributed by atoms with van der Waals surface area (Å²) in [4.78, 5) is 8.15. The maximum Gasteiger partial charge on any atom is 0.180 e. The van der Waals surface area contributed by atoms with Gasteiger partial charge in [0.15, 0.2) is 5.13 Å². The van der Waals surface area contributed by atoms with E-state index in [0.29, 0.717) is 26.7 Å². The minimum absolute atomic E-state index is 0.385. The highest BCUT2D eigenvalue weighted by Crippen LogP contribution is 2.28. The van der Waals surface area contributed by atoms with E-state index in [4.69, 9.17) is 28.9 Å². The van der Waals surface area contributed by atoms with Crippen molar-refractivity contribution in [3.05, 3.63) is 27.7 Å². The van der Waals surface area contributed by atoms with Crippen LogP contribution in [0.15, 0.2) is 17.5 Å². The van der Waals surface area contributed by atoms with E-state index in [1.807, 2.05) is 0 Å². The van der Waals surface area contributed by atoms with Gasteiger partial charge in [0.1, 0.15) is 16.5 Å². The molecule has 3 nitrogen and oxygen atoms in total. The molecule has 6 heteroatoms. The highest BCUT2D eigenvalue weighted by atomic mass is 35.5. The third-order valence-corrected chi connectivity index (χ3v) is 2.77. The summed E-state index contributed by atoms with van der Waals surface area (Å²) in [5, 5.41) is 3.17. The van der Waals surface area contributed by atoms with E-state index in [9.17, 15) is 0 Å². The van der Waals surface area contributed by atoms with Crippen LogP contribution in [0.2, 0.25) is 10.2 Å². The van der Waals surface area contributed by atoms with Gasteiger partial charge in [-0.15, -0.1) is 11.3 Å². The molecule has 2 aromatic rings. The molecular weight excluding hydrogens is 241 g/mol. The molecule has 0 bridgehead atoms. The van der Waals surface area contributed by atoms with Gasteiger partial charge < -0.3 is 5.73 Å². The van der Waals surface area contributed by atoms with Gasteiger partial charge in [0, 0.05) is 5.38 Å². The molecule has 0 aromatic carbocycles. The Labute approximate surface area is 94.5 Å². The fourth-order valence-corrected chi connectivity index (χ4v) is 1.89. The number of nitrogens with zero attached hydrogens (tertiary/aromatic N) is 2. The van der Waals surface area contributed by atoms with Crippen LogP contribution in [0.1, 0.15) is 0 Å². The van der Waals surface area contributed by atoms with E-state index in [-0.39, 0.29) is 0 Å². The Balaban J connectivity index is 2.55. The first-order chi connectivity index (χ1) is 6.66. The van der Waals surface area contributed by atoms with Crippen LogP contribution < -0.4 is 5.73 Å². The zero-order valence-corrected chi connectivity index (χ0v) is 9.20. The molecule has 0 aliphatic rings. The molecule has 2 aromatic heterocycles. The fourth-order valence-electron chi connectivity index (χ4n) is 0.994. The summed E-state index contributed by atoms with van der Waals surface area (Å²) >= 11 is 13.0. The molecule has 2 rings (SSSR count). The third-order valence-electron chi connectivity index (χ3n) is 1.58. The molecule has 0 atom stereocenters. The minimum Gasteiger partial charge on any atom is -0.375 e. The predicted octanol–water partition coefficient (Wildman–Crippen LogP) is 3.09. The van der Waals surface area contributed by atoms with E-state index in [1.54, 1.807) is 17.5 Å². The van der Waals surface area contributed by atoms with Crippen molar-refractivity contribution in [3.8, 4) is 11.4 Å². The van der Waals surface area contributed by atoms with Crippen LogP contribution in [0.5, 0.6) is 0 Å². The quantitative estimate of drug-likeness (QED) is 0.786. The zero-order valence-electron chi connectivity index (χ0n) is 6.87. The largest absolute Gasteiger partial charge is 0.375 e. The molecule has 0 aliphatic carbocycles. The van der Waals surface area contributed by atoms with Gasteiger partial charge in [-0.25, -0.2) is 9.97 Å². The monoisotopic (exact) mass is 245 g/mol. The molecule has 0 radical (unpaired) electrons. The summed E-state index contributed by atoms with van der Waals surface area (Å²) in [5.41, 5.74) is 6.72. The predicted molar refractivity (Wildman–Crippen MR) is 59.8 cm³/mol. The van der Waals surface area contributed by atoms with Gasteiger partial charge in [-0.2, -0.15) is 0 Å². The molecule has 0 saturated carbocycles. The highest BCUT2D eigenvalue weighted by Gasteiger charge is 2.09. The first-order valence-electron chi connectivity index (χ1n) is 3.70. The van der Waals surface area contributed by atoms with Crippen LogP contribution >= 0.6 is 34.5 Å². The second kappa shape index (κ2) is 3.73. The lowest BCUT2D eigenvalue weighted by molar-refractivity contribution is 1.28. The number of aromatic nitrogens is 2. The second-order valence-corrected chi connectivity index (χ2v) is 4.22. The maximum absolute atomic E-state index is 5.94. The molecule has 2 heterocycles. The second-order valence-electron chi connectivity index (χ2n) is 2.54. The highest BCUT2D eigenvalue weighted by molar-refractivity contribution is 7.13. The van der Waals surface area contributed by atoms with Gasteiger partial charge in [-0.3, -0.25) is 0 Å². The van der Waals surface area contributed by atoms with Crippen LogP contribution in [-0.2, 0) is 0 Å². The van der Waals surface area contributed by atoms with Crippen LogP contribution in [0.25, 0.3) is 11.4 Å². The number of thiazole rings is 1. The van der Waals surface area contributed by atoms with Crippen LogP contribution in [0, 0.1) is 0 Å². The lowest BCUT2D eigenvalue weighted by atomic mass is 10.3. The lowest BCUT2D eigenvalue weighted by Crippen LogP contribution is -1.87. The van der Waals surface area contributed by atoms with Crippen molar-refractivity contribution in [2.75, 3.05) is 5.73 Å². The summed E-state index contributed by atoms with van der Waals surface area (Å²) in [6.07, 6.45) is 0. The Morgan fingerprint density at radius 1 is 1.21 bits per heavy atom. The molecule has 0 fully saturated rings. The topological polar surface area (TPSA) is 51.8 Å². The number of hydrogen-bond acceptors (Lipinski definition) is 4. The van der Waals surface area contributed by atoms with E-state index < -0.39 is 0 Å². The van der Waals surface area contributed by atoms with E-state index >= 15 is 0 Å². The molecule has 0 amide bonds. The summed E-state index contributed by atoms with van der Waals surface area (Å²) in [5.74, 6) is 0. The van der Waals surface area contributed by atoms with Crippen LogP contribution in [0.4, 0.5) is 5.13 Å². The average Bonchev–Trinajstić information content (AvgIpc) is 2.56. The van der Waals surface area contributed by atoms with Gasteiger partial charge in [-0.05, 0) is 12.1 Å². The van der Waals surface area contributed by atoms with Gasteiger partial charge in [0.25, 0.3) is 0 Å². The van der Waals surface area contributed by atoms with Crippen molar-refractivity contribution >= 4 is 39.7 Å². The van der Waals surface area contributed by atoms with Gasteiger partial charge >= 0.3 is 0 Å². The Morgan fingerprint density at radius 2 is 2.00 bits per heavy atom. The van der Waals surface area contributed by atoms with E-state index in [2.05, 4.69) is 9.97 Å². The summed E-state index contributed by atoms with van der Waals surface area (Å²) in [6, 6.07) is 3.31. The Morgan fingerprint density at radius 3 is 2.64 bits per heavy atom. The van der Waals surface area contributed by atoms with Crippen molar-refractivity contribution in [2.24, 2.45) is 0 Å². The molecule has 2 N–H and O–H groups in total. The van der Waals surface area contributed by atoms with Gasteiger partial charge in [0.05, 0.1) is 5.02 Å². The summed E-state index contributed by atoms with van der Waals surface area (Å²) in [7, 11) is 0. The molecule has 0 saturated heterocycles. The molecule has 14 heavy (non-hydrogen) atoms. The van der Waals surface area contributed by atoms with Crippen molar-refractivity contribution in [2.45, 2.75) is 0 Å². The van der Waals surface area contributed by atoms with Crippen molar-refractivity contribution in [1.82, 2.24) is 9.97 Å². The van der Waals surface area contributed by atoms with Crippen LogP contribution in [-0.4, -0.2) is 9.97 Å². The summed E-state index contributed by atoms with van der Waals surface area (Å²) in [6.45, 7) is 0.